The minimum atomic E-state index is -1.16. The third-order valence-corrected chi connectivity index (χ3v) is 8.13. The van der Waals surface area contributed by atoms with Crippen LogP contribution in [0.1, 0.15) is 66.2 Å². The van der Waals surface area contributed by atoms with E-state index in [1.54, 1.807) is 0 Å². The molecule has 140 valence electrons. The molecule has 8 atom stereocenters. The van der Waals surface area contributed by atoms with E-state index in [1.165, 1.54) is 6.92 Å². The van der Waals surface area contributed by atoms with Crippen LogP contribution in [-0.4, -0.2) is 28.6 Å². The first-order valence-electron chi connectivity index (χ1n) is 9.97. The molecule has 0 aromatic rings. The minimum Gasteiger partial charge on any atom is -0.462 e. The number of rotatable bonds is 1. The Morgan fingerprint density at radius 3 is 2.68 bits per heavy atom. The zero-order valence-corrected chi connectivity index (χ0v) is 16.0. The highest BCUT2D eigenvalue weighted by molar-refractivity contribution is 5.66. The van der Waals surface area contributed by atoms with Crippen molar-refractivity contribution in [3.63, 3.8) is 0 Å². The van der Waals surface area contributed by atoms with Crippen LogP contribution in [0, 0.1) is 29.1 Å². The first-order chi connectivity index (χ1) is 11.7. The molecule has 2 aliphatic carbocycles. The lowest BCUT2D eigenvalue weighted by molar-refractivity contribution is -0.333. The summed E-state index contributed by atoms with van der Waals surface area (Å²) in [5.41, 5.74) is -0.242. The Kier molecular flexibility index (Phi) is 3.90. The van der Waals surface area contributed by atoms with Crippen molar-refractivity contribution < 1.29 is 19.4 Å². The van der Waals surface area contributed by atoms with E-state index < -0.39 is 5.79 Å². The van der Waals surface area contributed by atoms with Gasteiger partial charge in [0.2, 0.25) is 0 Å². The molecule has 2 saturated carbocycles. The highest BCUT2D eigenvalue weighted by Gasteiger charge is 2.65. The maximum atomic E-state index is 11.6. The first kappa shape index (κ1) is 17.5. The van der Waals surface area contributed by atoms with Gasteiger partial charge in [-0.15, -0.1) is 0 Å². The van der Waals surface area contributed by atoms with Crippen molar-refractivity contribution >= 4 is 5.97 Å². The van der Waals surface area contributed by atoms with E-state index >= 15 is 0 Å². The lowest BCUT2D eigenvalue weighted by Crippen LogP contribution is -2.63. The Balaban J connectivity index is 1.72. The molecular weight excluding hydrogens is 316 g/mol. The van der Waals surface area contributed by atoms with Gasteiger partial charge in [-0.2, -0.15) is 0 Å². The second-order valence-electron chi connectivity index (χ2n) is 9.41. The zero-order valence-electron chi connectivity index (χ0n) is 16.0. The number of fused-ring (bicyclic) bond motifs is 6. The summed E-state index contributed by atoms with van der Waals surface area (Å²) in [5, 5.41) is 11.3. The molecule has 2 bridgehead atoms. The molecule has 4 rings (SSSR count). The molecule has 8 unspecified atom stereocenters. The van der Waals surface area contributed by atoms with Crippen LogP contribution in [0.4, 0.5) is 0 Å². The average Bonchev–Trinajstić information content (AvgIpc) is 2.76. The summed E-state index contributed by atoms with van der Waals surface area (Å²) in [4.78, 5) is 11.6. The van der Waals surface area contributed by atoms with Crippen LogP contribution in [0.15, 0.2) is 12.2 Å². The monoisotopic (exact) mass is 348 g/mol. The van der Waals surface area contributed by atoms with E-state index in [1.807, 2.05) is 6.08 Å². The smallest absolute Gasteiger partial charge is 0.302 e. The van der Waals surface area contributed by atoms with Gasteiger partial charge in [-0.05, 0) is 69.3 Å². The quantitative estimate of drug-likeness (QED) is 0.578. The highest BCUT2D eigenvalue weighted by atomic mass is 16.6. The minimum absolute atomic E-state index is 0.0195. The normalized spacial score (nSPS) is 54.4. The van der Waals surface area contributed by atoms with Crippen LogP contribution in [0.5, 0.6) is 0 Å². The van der Waals surface area contributed by atoms with Crippen LogP contribution in [0.2, 0.25) is 0 Å². The molecule has 3 fully saturated rings. The van der Waals surface area contributed by atoms with E-state index in [0.717, 1.165) is 38.5 Å². The van der Waals surface area contributed by atoms with Gasteiger partial charge in [-0.25, -0.2) is 0 Å². The summed E-state index contributed by atoms with van der Waals surface area (Å²) in [6.45, 7) is 8.18. The summed E-state index contributed by atoms with van der Waals surface area (Å²) >= 11 is 0. The van der Waals surface area contributed by atoms with Crippen molar-refractivity contribution in [1.82, 2.24) is 0 Å². The Hall–Kier alpha value is -0.870. The molecule has 25 heavy (non-hydrogen) atoms. The summed E-state index contributed by atoms with van der Waals surface area (Å²) in [7, 11) is 0. The summed E-state index contributed by atoms with van der Waals surface area (Å²) < 4.78 is 12.1. The molecule has 0 aromatic heterocycles. The Labute approximate surface area is 151 Å². The number of esters is 1. The first-order valence-corrected chi connectivity index (χ1v) is 9.97. The fourth-order valence-corrected chi connectivity index (χ4v) is 6.81. The van der Waals surface area contributed by atoms with Crippen molar-refractivity contribution in [3.8, 4) is 0 Å². The van der Waals surface area contributed by atoms with Gasteiger partial charge in [0.15, 0.2) is 5.79 Å². The van der Waals surface area contributed by atoms with Crippen LogP contribution in [0.3, 0.4) is 0 Å². The fourth-order valence-electron chi connectivity index (χ4n) is 6.81. The van der Waals surface area contributed by atoms with Gasteiger partial charge in [0.05, 0.1) is 5.60 Å². The number of carbonyl (C=O) groups is 1. The lowest BCUT2D eigenvalue weighted by atomic mass is 9.51. The summed E-state index contributed by atoms with van der Waals surface area (Å²) in [5.74, 6) is 0.0795. The van der Waals surface area contributed by atoms with Crippen molar-refractivity contribution in [2.24, 2.45) is 29.1 Å². The molecule has 0 spiro atoms. The molecule has 1 N–H and O–H groups in total. The third-order valence-electron chi connectivity index (χ3n) is 8.13. The molecular formula is C21H32O4. The largest absolute Gasteiger partial charge is 0.462 e. The van der Waals surface area contributed by atoms with Crippen LogP contribution >= 0.6 is 0 Å². The van der Waals surface area contributed by atoms with Gasteiger partial charge in [0.1, 0.15) is 6.10 Å². The molecule has 2 aliphatic heterocycles. The number of allylic oxidation sites excluding steroid dienone is 1. The fraction of sp³-hybridized carbons (Fsp3) is 0.857. The van der Waals surface area contributed by atoms with E-state index in [0.29, 0.717) is 17.8 Å². The second kappa shape index (κ2) is 5.56. The maximum Gasteiger partial charge on any atom is 0.302 e. The van der Waals surface area contributed by atoms with Gasteiger partial charge in [-0.3, -0.25) is 4.79 Å². The highest BCUT2D eigenvalue weighted by Crippen LogP contribution is 2.65. The molecule has 0 aromatic carbocycles. The molecule has 0 amide bonds. The van der Waals surface area contributed by atoms with Gasteiger partial charge in [0, 0.05) is 18.3 Å². The van der Waals surface area contributed by atoms with Gasteiger partial charge in [0.25, 0.3) is 0 Å². The number of hydrogen-bond donors (Lipinski definition) is 1. The van der Waals surface area contributed by atoms with Crippen LogP contribution < -0.4 is 0 Å². The van der Waals surface area contributed by atoms with E-state index in [2.05, 4.69) is 26.8 Å². The Morgan fingerprint density at radius 2 is 1.96 bits per heavy atom. The van der Waals surface area contributed by atoms with Crippen molar-refractivity contribution in [3.05, 3.63) is 12.2 Å². The molecule has 0 radical (unpaired) electrons. The van der Waals surface area contributed by atoms with Crippen molar-refractivity contribution in [1.29, 1.82) is 0 Å². The zero-order chi connectivity index (χ0) is 18.0. The standard InChI is InChI=1S/C21H32O4/c1-13-18-15-7-8-17(24-14(2)22)19(15,3)12-9-16(18)20(4)10-5-6-11-21(13,23)25-20/h6,11,13,15-18,23H,5,7-10,12H2,1-4H3. The topological polar surface area (TPSA) is 55.8 Å². The molecule has 4 heteroatoms. The number of hydrogen-bond acceptors (Lipinski definition) is 4. The van der Waals surface area contributed by atoms with Gasteiger partial charge >= 0.3 is 5.97 Å². The van der Waals surface area contributed by atoms with Gasteiger partial charge < -0.3 is 14.6 Å². The summed E-state index contributed by atoms with van der Waals surface area (Å²) in [6, 6.07) is 0. The Morgan fingerprint density at radius 1 is 1.20 bits per heavy atom. The average molecular weight is 348 g/mol. The molecule has 1 saturated heterocycles. The van der Waals surface area contributed by atoms with Crippen molar-refractivity contribution in [2.75, 3.05) is 0 Å². The van der Waals surface area contributed by atoms with Gasteiger partial charge in [-0.1, -0.05) is 19.9 Å². The Bertz CT molecular complexity index is 601. The van der Waals surface area contributed by atoms with E-state index in [4.69, 9.17) is 9.47 Å². The van der Waals surface area contributed by atoms with E-state index in [9.17, 15) is 9.90 Å². The SMILES string of the molecule is CC(=O)OC1CCC2C3C(C)C4(O)C=CCCC(C)(O4)C3CCC12C. The molecule has 2 heterocycles. The van der Waals surface area contributed by atoms with Crippen LogP contribution in [0.25, 0.3) is 0 Å². The van der Waals surface area contributed by atoms with Crippen LogP contribution in [-0.2, 0) is 14.3 Å². The number of ether oxygens (including phenoxy) is 2. The molecule has 4 aliphatic rings. The predicted molar refractivity (Wildman–Crippen MR) is 94.6 cm³/mol. The lowest BCUT2D eigenvalue weighted by Gasteiger charge is -2.61. The maximum absolute atomic E-state index is 11.6. The summed E-state index contributed by atoms with van der Waals surface area (Å²) in [6.07, 6.45) is 10.1. The second-order valence-corrected chi connectivity index (χ2v) is 9.41. The predicted octanol–water partition coefficient (Wildman–Crippen LogP) is 3.82. The number of carbonyl (C=O) groups excluding carboxylic acids is 1. The third kappa shape index (κ3) is 2.43. The molecule has 4 nitrogen and oxygen atoms in total. The number of aliphatic hydroxyl groups is 1. The van der Waals surface area contributed by atoms with Crippen molar-refractivity contribution in [2.45, 2.75) is 83.7 Å². The van der Waals surface area contributed by atoms with E-state index in [-0.39, 0.29) is 29.0 Å².